The molecule has 0 spiro atoms. The van der Waals surface area contributed by atoms with E-state index >= 15 is 0 Å². The Bertz CT molecular complexity index is 961. The second-order valence-corrected chi connectivity index (χ2v) is 5.78. The van der Waals surface area contributed by atoms with Crippen molar-refractivity contribution >= 4 is 16.9 Å². The third-order valence-electron chi connectivity index (χ3n) is 4.15. The van der Waals surface area contributed by atoms with Gasteiger partial charge in [0.15, 0.2) is 0 Å². The van der Waals surface area contributed by atoms with Gasteiger partial charge in [0, 0.05) is 19.0 Å². The van der Waals surface area contributed by atoms with Gasteiger partial charge in [0.05, 0.1) is 6.10 Å². The second-order valence-electron chi connectivity index (χ2n) is 5.78. The lowest BCUT2D eigenvalue weighted by atomic mass is 10.0. The summed E-state index contributed by atoms with van der Waals surface area (Å²) in [6.07, 6.45) is -0.294. The molecule has 0 aliphatic carbocycles. The number of benzene rings is 2. The van der Waals surface area contributed by atoms with Gasteiger partial charge in [-0.3, -0.25) is 4.79 Å². The van der Waals surface area contributed by atoms with Crippen LogP contribution in [0.5, 0.6) is 0 Å². The van der Waals surface area contributed by atoms with E-state index in [1.807, 2.05) is 37.3 Å². The molecule has 1 unspecified atom stereocenters. The lowest BCUT2D eigenvalue weighted by Gasteiger charge is -2.18. The van der Waals surface area contributed by atoms with Crippen molar-refractivity contribution in [2.24, 2.45) is 0 Å². The molecule has 0 radical (unpaired) electrons. The molecule has 1 amide bonds. The summed E-state index contributed by atoms with van der Waals surface area (Å²) < 4.78 is 10.7. The Morgan fingerprint density at radius 3 is 2.64 bits per heavy atom. The van der Waals surface area contributed by atoms with Crippen LogP contribution < -0.4 is 10.9 Å². The monoisotopic (exact) mass is 337 g/mol. The molecule has 0 fully saturated rings. The highest BCUT2D eigenvalue weighted by molar-refractivity contribution is 5.96. The van der Waals surface area contributed by atoms with Crippen molar-refractivity contribution in [3.63, 3.8) is 0 Å². The molecule has 128 valence electrons. The molecule has 1 atom stereocenters. The highest BCUT2D eigenvalue weighted by Crippen LogP contribution is 2.20. The SMILES string of the molecule is COC(CNC(=O)c1cc2ccccc2oc1=O)c1ccccc1C. The first-order valence-electron chi connectivity index (χ1n) is 7.99. The minimum atomic E-state index is -0.652. The number of fused-ring (bicyclic) bond motifs is 1. The summed E-state index contributed by atoms with van der Waals surface area (Å²) in [5.74, 6) is -0.477. The maximum atomic E-state index is 12.4. The fraction of sp³-hybridized carbons (Fsp3) is 0.200. The van der Waals surface area contributed by atoms with Crippen molar-refractivity contribution < 1.29 is 13.9 Å². The second kappa shape index (κ2) is 7.32. The van der Waals surface area contributed by atoms with Gasteiger partial charge in [-0.15, -0.1) is 0 Å². The Hall–Kier alpha value is -2.92. The van der Waals surface area contributed by atoms with Gasteiger partial charge in [0.2, 0.25) is 0 Å². The third-order valence-corrected chi connectivity index (χ3v) is 4.15. The summed E-state index contributed by atoms with van der Waals surface area (Å²) in [7, 11) is 1.59. The molecule has 0 saturated carbocycles. The molecule has 5 nitrogen and oxygen atoms in total. The van der Waals surface area contributed by atoms with E-state index in [9.17, 15) is 9.59 Å². The summed E-state index contributed by atoms with van der Waals surface area (Å²) in [5.41, 5.74) is 1.86. The van der Waals surface area contributed by atoms with Crippen LogP contribution in [0.15, 0.2) is 63.8 Å². The Morgan fingerprint density at radius 2 is 1.88 bits per heavy atom. The van der Waals surface area contributed by atoms with Gasteiger partial charge in [0.1, 0.15) is 11.1 Å². The molecule has 5 heteroatoms. The van der Waals surface area contributed by atoms with E-state index in [-0.39, 0.29) is 18.2 Å². The largest absolute Gasteiger partial charge is 0.422 e. The van der Waals surface area contributed by atoms with E-state index in [1.165, 1.54) is 0 Å². The summed E-state index contributed by atoms with van der Waals surface area (Å²) in [4.78, 5) is 24.5. The van der Waals surface area contributed by atoms with Crippen molar-refractivity contribution in [1.82, 2.24) is 5.32 Å². The molecule has 25 heavy (non-hydrogen) atoms. The van der Waals surface area contributed by atoms with Crippen LogP contribution in [0, 0.1) is 6.92 Å². The van der Waals surface area contributed by atoms with Crippen molar-refractivity contribution in [2.45, 2.75) is 13.0 Å². The van der Waals surface area contributed by atoms with Crippen molar-refractivity contribution in [3.8, 4) is 0 Å². The van der Waals surface area contributed by atoms with Gasteiger partial charge in [-0.25, -0.2) is 4.79 Å². The van der Waals surface area contributed by atoms with Crippen molar-refractivity contribution in [3.05, 3.63) is 81.7 Å². The van der Waals surface area contributed by atoms with E-state index in [1.54, 1.807) is 31.4 Å². The zero-order chi connectivity index (χ0) is 17.8. The fourth-order valence-electron chi connectivity index (χ4n) is 2.77. The molecule has 1 aromatic heterocycles. The number of ether oxygens (including phenoxy) is 1. The summed E-state index contributed by atoms with van der Waals surface area (Å²) in [6.45, 7) is 2.24. The fourth-order valence-corrected chi connectivity index (χ4v) is 2.77. The van der Waals surface area contributed by atoms with Gasteiger partial charge in [0.25, 0.3) is 5.91 Å². The van der Waals surface area contributed by atoms with Crippen LogP contribution in [0.25, 0.3) is 11.0 Å². The first kappa shape index (κ1) is 16.9. The Labute approximate surface area is 145 Å². The number of methoxy groups -OCH3 is 1. The zero-order valence-electron chi connectivity index (χ0n) is 14.1. The van der Waals surface area contributed by atoms with E-state index in [2.05, 4.69) is 5.32 Å². The first-order chi connectivity index (χ1) is 12.1. The molecule has 3 aromatic rings. The van der Waals surface area contributed by atoms with E-state index in [0.29, 0.717) is 11.0 Å². The van der Waals surface area contributed by atoms with Crippen LogP contribution in [-0.4, -0.2) is 19.6 Å². The van der Waals surface area contributed by atoms with Gasteiger partial charge in [-0.2, -0.15) is 0 Å². The van der Waals surface area contributed by atoms with Gasteiger partial charge < -0.3 is 14.5 Å². The number of hydrogen-bond acceptors (Lipinski definition) is 4. The van der Waals surface area contributed by atoms with Crippen molar-refractivity contribution in [2.75, 3.05) is 13.7 Å². The Morgan fingerprint density at radius 1 is 1.16 bits per heavy atom. The molecule has 1 heterocycles. The lowest BCUT2D eigenvalue weighted by molar-refractivity contribution is 0.0823. The maximum absolute atomic E-state index is 12.4. The Kier molecular flexibility index (Phi) is 4.95. The normalized spacial score (nSPS) is 12.1. The number of carbonyl (C=O) groups excluding carboxylic acids is 1. The van der Waals surface area contributed by atoms with Crippen LogP contribution in [0.2, 0.25) is 0 Å². The number of carbonyl (C=O) groups is 1. The molecule has 0 aliphatic rings. The maximum Gasteiger partial charge on any atom is 0.349 e. The summed E-state index contributed by atoms with van der Waals surface area (Å²) in [5, 5.41) is 3.46. The third kappa shape index (κ3) is 3.61. The van der Waals surface area contributed by atoms with E-state index in [0.717, 1.165) is 11.1 Å². The van der Waals surface area contributed by atoms with Gasteiger partial charge >= 0.3 is 5.63 Å². The van der Waals surface area contributed by atoms with Gasteiger partial charge in [-0.05, 0) is 30.2 Å². The quantitative estimate of drug-likeness (QED) is 0.726. The highest BCUT2D eigenvalue weighted by atomic mass is 16.5. The molecular weight excluding hydrogens is 318 g/mol. The predicted octanol–water partition coefficient (Wildman–Crippen LogP) is 3.22. The number of para-hydroxylation sites is 1. The highest BCUT2D eigenvalue weighted by Gasteiger charge is 2.17. The number of amides is 1. The molecule has 0 saturated heterocycles. The number of rotatable bonds is 5. The average Bonchev–Trinajstić information content (AvgIpc) is 2.62. The first-order valence-corrected chi connectivity index (χ1v) is 7.99. The molecule has 0 bridgehead atoms. The minimum Gasteiger partial charge on any atom is -0.422 e. The molecule has 1 N–H and O–H groups in total. The number of aryl methyl sites for hydroxylation is 1. The summed E-state index contributed by atoms with van der Waals surface area (Å²) in [6, 6.07) is 16.4. The smallest absolute Gasteiger partial charge is 0.349 e. The van der Waals surface area contributed by atoms with Crippen molar-refractivity contribution in [1.29, 1.82) is 0 Å². The van der Waals surface area contributed by atoms with Crippen LogP contribution in [0.1, 0.15) is 27.6 Å². The average molecular weight is 337 g/mol. The van der Waals surface area contributed by atoms with Gasteiger partial charge in [-0.1, -0.05) is 42.5 Å². The number of nitrogens with one attached hydrogen (secondary N) is 1. The zero-order valence-corrected chi connectivity index (χ0v) is 14.1. The van der Waals surface area contributed by atoms with Crippen LogP contribution in [-0.2, 0) is 4.74 Å². The topological polar surface area (TPSA) is 68.5 Å². The molecular formula is C20H19NO4. The Balaban J connectivity index is 1.79. The lowest BCUT2D eigenvalue weighted by Crippen LogP contribution is -2.32. The van der Waals surface area contributed by atoms with Crippen LogP contribution in [0.3, 0.4) is 0 Å². The predicted molar refractivity (Wildman–Crippen MR) is 95.7 cm³/mol. The number of hydrogen-bond donors (Lipinski definition) is 1. The van der Waals surface area contributed by atoms with Crippen LogP contribution in [0.4, 0.5) is 0 Å². The molecule has 0 aliphatic heterocycles. The minimum absolute atomic E-state index is 0.0154. The van der Waals surface area contributed by atoms with Crippen LogP contribution >= 0.6 is 0 Å². The van der Waals surface area contributed by atoms with E-state index < -0.39 is 11.5 Å². The molecule has 3 rings (SSSR count). The summed E-state index contributed by atoms with van der Waals surface area (Å²) >= 11 is 0. The standard InChI is InChI=1S/C20H19NO4/c1-13-7-3-5-9-15(13)18(24-2)12-21-19(22)16-11-14-8-4-6-10-17(14)25-20(16)23/h3-11,18H,12H2,1-2H3,(H,21,22). The molecule has 2 aromatic carbocycles. The van der Waals surface area contributed by atoms with E-state index in [4.69, 9.17) is 9.15 Å².